The van der Waals surface area contributed by atoms with Crippen LogP contribution in [0.4, 0.5) is 0 Å². The Morgan fingerprint density at radius 1 is 0.771 bits per heavy atom. The number of nitrogens with zero attached hydrogens (tertiary/aromatic N) is 2. The molecule has 2 aromatic heterocycles. The van der Waals surface area contributed by atoms with Crippen LogP contribution in [-0.4, -0.2) is 15.1 Å². The molecule has 0 radical (unpaired) electrons. The number of pyridine rings is 2. The predicted octanol–water partition coefficient (Wildman–Crippen LogP) is 7.50. The molecular formula is C31H33N2OPt-. The van der Waals surface area contributed by atoms with Gasteiger partial charge in [0.2, 0.25) is 0 Å². The van der Waals surface area contributed by atoms with Crippen LogP contribution in [0.15, 0.2) is 72.9 Å². The molecule has 0 unspecified atom stereocenters. The molecular weight excluding hydrogens is 611 g/mol. The monoisotopic (exact) mass is 644 g/mol. The number of aromatic nitrogens is 2. The van der Waals surface area contributed by atoms with Crippen LogP contribution < -0.4 is 0 Å². The van der Waals surface area contributed by atoms with Crippen LogP contribution in [0, 0.1) is 6.07 Å². The van der Waals surface area contributed by atoms with Crippen LogP contribution >= 0.6 is 0 Å². The molecule has 0 amide bonds. The predicted molar refractivity (Wildman–Crippen MR) is 140 cm³/mol. The average molecular weight is 645 g/mol. The van der Waals surface area contributed by atoms with E-state index in [4.69, 9.17) is 4.98 Å². The van der Waals surface area contributed by atoms with E-state index in [1.165, 1.54) is 5.56 Å². The van der Waals surface area contributed by atoms with Gasteiger partial charge in [-0.15, -0.1) is 34.9 Å². The van der Waals surface area contributed by atoms with Gasteiger partial charge < -0.3 is 5.11 Å². The third kappa shape index (κ3) is 6.47. The fourth-order valence-electron chi connectivity index (χ4n) is 3.92. The van der Waals surface area contributed by atoms with Crippen LogP contribution in [0.5, 0.6) is 5.75 Å². The minimum absolute atomic E-state index is 0. The molecule has 35 heavy (non-hydrogen) atoms. The first-order valence-electron chi connectivity index (χ1n) is 11.8. The molecule has 3 nitrogen and oxygen atoms in total. The van der Waals surface area contributed by atoms with Gasteiger partial charge in [0.25, 0.3) is 0 Å². The minimum Gasteiger partial charge on any atom is -0.507 e. The third-order valence-corrected chi connectivity index (χ3v) is 6.04. The van der Waals surface area contributed by atoms with Crippen LogP contribution in [0.25, 0.3) is 22.5 Å². The molecule has 0 bridgehead atoms. The number of aromatic hydroxyl groups is 1. The molecule has 0 aliphatic heterocycles. The van der Waals surface area contributed by atoms with Crippen molar-refractivity contribution in [1.29, 1.82) is 0 Å². The van der Waals surface area contributed by atoms with Crippen LogP contribution in [-0.2, 0) is 38.3 Å². The van der Waals surface area contributed by atoms with Gasteiger partial charge in [0.15, 0.2) is 0 Å². The zero-order chi connectivity index (χ0) is 24.5. The minimum atomic E-state index is -0.0741. The first kappa shape index (κ1) is 26.8. The molecule has 4 aromatic rings. The van der Waals surface area contributed by atoms with Crippen molar-refractivity contribution in [1.82, 2.24) is 9.97 Å². The van der Waals surface area contributed by atoms with E-state index in [-0.39, 0.29) is 37.6 Å². The van der Waals surface area contributed by atoms with E-state index < -0.39 is 0 Å². The summed E-state index contributed by atoms with van der Waals surface area (Å²) in [7, 11) is 0. The maximum atomic E-state index is 10.5. The number of para-hydroxylation sites is 1. The van der Waals surface area contributed by atoms with Crippen LogP contribution in [0.2, 0.25) is 0 Å². The Hall–Kier alpha value is -2.77. The van der Waals surface area contributed by atoms with E-state index in [1.54, 1.807) is 6.07 Å². The molecule has 0 fully saturated rings. The molecule has 4 heteroatoms. The summed E-state index contributed by atoms with van der Waals surface area (Å²) in [5.74, 6) is 0.232. The fraction of sp³-hybridized carbons (Fsp3) is 0.290. The zero-order valence-corrected chi connectivity index (χ0v) is 23.6. The maximum absolute atomic E-state index is 10.5. The number of phenols is 1. The molecule has 0 aliphatic carbocycles. The Morgan fingerprint density at radius 2 is 1.40 bits per heavy atom. The Labute approximate surface area is 224 Å². The van der Waals surface area contributed by atoms with Crippen LogP contribution in [0.3, 0.4) is 0 Å². The summed E-state index contributed by atoms with van der Waals surface area (Å²) in [6.45, 7) is 13.3. The van der Waals surface area contributed by atoms with Gasteiger partial charge in [0, 0.05) is 38.5 Å². The molecule has 0 saturated heterocycles. The second-order valence-corrected chi connectivity index (χ2v) is 10.9. The summed E-state index contributed by atoms with van der Waals surface area (Å²) < 4.78 is 0. The van der Waals surface area contributed by atoms with Gasteiger partial charge in [0.05, 0.1) is 5.69 Å². The number of phenolic OH excluding ortho intramolecular Hbond substituents is 1. The van der Waals surface area contributed by atoms with Crippen molar-refractivity contribution < 1.29 is 26.2 Å². The zero-order valence-electron chi connectivity index (χ0n) is 21.3. The maximum Gasteiger partial charge on any atom is 0.124 e. The Morgan fingerprint density at radius 3 is 2.03 bits per heavy atom. The number of benzene rings is 2. The third-order valence-electron chi connectivity index (χ3n) is 6.04. The smallest absolute Gasteiger partial charge is 0.124 e. The summed E-state index contributed by atoms with van der Waals surface area (Å²) in [6.07, 6.45) is 2.54. The SMILES string of the molecule is CC(C)(C)c1cc(Cc2ccccn2)[c-]c(-c2cc(C(C)(C)C)cc(-c3ccccc3O)n2)c1.[Pt]. The van der Waals surface area contributed by atoms with E-state index in [0.29, 0.717) is 6.42 Å². The second kappa shape index (κ2) is 10.5. The second-order valence-electron chi connectivity index (χ2n) is 10.9. The van der Waals surface area contributed by atoms with Crippen LogP contribution in [0.1, 0.15) is 63.9 Å². The van der Waals surface area contributed by atoms with Crippen molar-refractivity contribution in [3.8, 4) is 28.3 Å². The average Bonchev–Trinajstić information content (AvgIpc) is 2.78. The Balaban J connectivity index is 0.00000342. The number of rotatable bonds is 4. The first-order chi connectivity index (χ1) is 16.0. The van der Waals surface area contributed by atoms with E-state index in [9.17, 15) is 5.11 Å². The van der Waals surface area contributed by atoms with Gasteiger partial charge in [-0.1, -0.05) is 65.8 Å². The van der Waals surface area contributed by atoms with Gasteiger partial charge >= 0.3 is 0 Å². The normalized spacial score (nSPS) is 11.7. The molecule has 2 heterocycles. The largest absolute Gasteiger partial charge is 0.507 e. The van der Waals surface area contributed by atoms with E-state index in [0.717, 1.165) is 39.3 Å². The standard InChI is InChI=1S/C31H33N2O.Pt/c1-30(2,3)23-16-21(17-25-11-9-10-14-32-25)15-22(18-23)27-19-24(31(4,5)6)20-28(33-27)26-12-7-8-13-29(26)34;/h7-14,16,18-20,34H,17H2,1-6H3;/q-1;. The summed E-state index contributed by atoms with van der Waals surface area (Å²) in [6, 6.07) is 25.7. The van der Waals surface area contributed by atoms with Crippen molar-refractivity contribution >= 4 is 0 Å². The van der Waals surface area contributed by atoms with E-state index >= 15 is 0 Å². The van der Waals surface area contributed by atoms with Crippen molar-refractivity contribution in [2.75, 3.05) is 0 Å². The van der Waals surface area contributed by atoms with Crippen molar-refractivity contribution in [3.05, 3.63) is 101 Å². The van der Waals surface area contributed by atoms with Gasteiger partial charge in [0.1, 0.15) is 5.75 Å². The fourth-order valence-corrected chi connectivity index (χ4v) is 3.92. The molecule has 1 N–H and O–H groups in total. The van der Waals surface area contributed by atoms with Crippen molar-refractivity contribution in [2.45, 2.75) is 58.8 Å². The summed E-state index contributed by atoms with van der Waals surface area (Å²) >= 11 is 0. The van der Waals surface area contributed by atoms with Gasteiger partial charge in [-0.25, -0.2) is 0 Å². The summed E-state index contributed by atoms with van der Waals surface area (Å²) in [5, 5.41) is 10.5. The molecule has 0 aliphatic rings. The summed E-state index contributed by atoms with van der Waals surface area (Å²) in [5.41, 5.74) is 7.73. The number of hydrogen-bond acceptors (Lipinski definition) is 3. The van der Waals surface area contributed by atoms with Gasteiger partial charge in [-0.05, 0) is 58.8 Å². The topological polar surface area (TPSA) is 46.0 Å². The van der Waals surface area contributed by atoms with E-state index in [2.05, 4.69) is 76.9 Å². The first-order valence-corrected chi connectivity index (χ1v) is 11.8. The molecule has 0 saturated carbocycles. The van der Waals surface area contributed by atoms with Gasteiger partial charge in [-0.3, -0.25) is 9.97 Å². The van der Waals surface area contributed by atoms with E-state index in [1.807, 2.05) is 42.6 Å². The molecule has 2 aromatic carbocycles. The molecule has 0 spiro atoms. The van der Waals surface area contributed by atoms with Crippen molar-refractivity contribution in [3.63, 3.8) is 0 Å². The Bertz CT molecular complexity index is 1300. The molecule has 4 rings (SSSR count). The van der Waals surface area contributed by atoms with Gasteiger partial charge in [-0.2, -0.15) is 0 Å². The van der Waals surface area contributed by atoms with Crippen molar-refractivity contribution in [2.24, 2.45) is 0 Å². The number of hydrogen-bond donors (Lipinski definition) is 1. The summed E-state index contributed by atoms with van der Waals surface area (Å²) in [4.78, 5) is 9.53. The molecule has 184 valence electrons. The molecule has 0 atom stereocenters. The quantitative estimate of drug-likeness (QED) is 0.234. The Kier molecular flexibility index (Phi) is 8.02.